The highest BCUT2D eigenvalue weighted by molar-refractivity contribution is 5.86. The molecule has 4 heteroatoms. The fraction of sp³-hybridized carbons (Fsp3) is 0.0714. The number of rotatable bonds is 9. The van der Waals surface area contributed by atoms with Crippen LogP contribution >= 0.6 is 0 Å². The van der Waals surface area contributed by atoms with Crippen LogP contribution in [-0.2, 0) is 13.2 Å². The molecule has 0 aliphatic carbocycles. The first kappa shape index (κ1) is 21.1. The van der Waals surface area contributed by atoms with Crippen LogP contribution in [0.3, 0.4) is 0 Å². The van der Waals surface area contributed by atoms with E-state index in [0.717, 1.165) is 33.8 Å². The van der Waals surface area contributed by atoms with Crippen molar-refractivity contribution in [2.45, 2.75) is 13.2 Å². The first-order valence-corrected chi connectivity index (χ1v) is 10.5. The Bertz CT molecular complexity index is 1080. The minimum atomic E-state index is 0.501. The number of hydrogen-bond acceptors (Lipinski definition) is 4. The van der Waals surface area contributed by atoms with E-state index in [1.807, 2.05) is 109 Å². The maximum Gasteiger partial charge on any atom is 0.128 e. The summed E-state index contributed by atoms with van der Waals surface area (Å²) in [5.41, 5.74) is 3.97. The van der Waals surface area contributed by atoms with Crippen molar-refractivity contribution >= 4 is 12.4 Å². The molecule has 158 valence electrons. The lowest BCUT2D eigenvalue weighted by Crippen LogP contribution is -1.98. The summed E-state index contributed by atoms with van der Waals surface area (Å²) in [5.74, 6) is 1.53. The first-order chi connectivity index (χ1) is 15.9. The van der Waals surface area contributed by atoms with Gasteiger partial charge in [0.25, 0.3) is 0 Å². The Morgan fingerprint density at radius 2 is 0.844 bits per heavy atom. The van der Waals surface area contributed by atoms with Gasteiger partial charge in [0.1, 0.15) is 24.7 Å². The summed E-state index contributed by atoms with van der Waals surface area (Å²) >= 11 is 0. The summed E-state index contributed by atoms with van der Waals surface area (Å²) in [6.07, 6.45) is 3.40. The van der Waals surface area contributed by atoms with Crippen LogP contribution < -0.4 is 9.47 Å². The molecule has 0 spiro atoms. The van der Waals surface area contributed by atoms with Crippen molar-refractivity contribution in [2.24, 2.45) is 10.2 Å². The van der Waals surface area contributed by atoms with Crippen molar-refractivity contribution < 1.29 is 9.47 Å². The molecule has 0 aliphatic heterocycles. The highest BCUT2D eigenvalue weighted by Crippen LogP contribution is 2.19. The lowest BCUT2D eigenvalue weighted by molar-refractivity contribution is 0.305. The van der Waals surface area contributed by atoms with Gasteiger partial charge in [-0.3, -0.25) is 0 Å². The van der Waals surface area contributed by atoms with Crippen LogP contribution in [0.1, 0.15) is 22.3 Å². The Kier molecular flexibility index (Phi) is 7.42. The Balaban J connectivity index is 1.40. The molecule has 0 radical (unpaired) electrons. The van der Waals surface area contributed by atoms with Crippen molar-refractivity contribution in [1.29, 1.82) is 0 Å². The SMILES string of the molecule is C(=N\N=C\c1ccccc1OCc1ccccc1)/c1ccccc1OCc1ccccc1. The topological polar surface area (TPSA) is 43.2 Å². The second-order valence-electron chi connectivity index (χ2n) is 7.11. The van der Waals surface area contributed by atoms with Crippen molar-refractivity contribution in [3.8, 4) is 11.5 Å². The third-order valence-corrected chi connectivity index (χ3v) is 4.77. The molecule has 0 amide bonds. The van der Waals surface area contributed by atoms with Gasteiger partial charge < -0.3 is 9.47 Å². The predicted octanol–water partition coefficient (Wildman–Crippen LogP) is 6.30. The first-order valence-electron chi connectivity index (χ1n) is 10.5. The van der Waals surface area contributed by atoms with Gasteiger partial charge in [0, 0.05) is 11.1 Å². The van der Waals surface area contributed by atoms with Crippen molar-refractivity contribution in [3.05, 3.63) is 131 Å². The fourth-order valence-corrected chi connectivity index (χ4v) is 3.10. The van der Waals surface area contributed by atoms with Crippen LogP contribution in [0.5, 0.6) is 11.5 Å². The summed E-state index contributed by atoms with van der Waals surface area (Å²) < 4.78 is 11.9. The lowest BCUT2D eigenvalue weighted by Gasteiger charge is -2.09. The third-order valence-electron chi connectivity index (χ3n) is 4.77. The number of nitrogens with zero attached hydrogens (tertiary/aromatic N) is 2. The van der Waals surface area contributed by atoms with Gasteiger partial charge in [-0.1, -0.05) is 84.9 Å². The van der Waals surface area contributed by atoms with E-state index >= 15 is 0 Å². The molecule has 0 bridgehead atoms. The molecule has 4 rings (SSSR count). The van der Waals surface area contributed by atoms with Gasteiger partial charge in [-0.2, -0.15) is 10.2 Å². The Hall–Kier alpha value is -4.18. The monoisotopic (exact) mass is 420 g/mol. The number of ether oxygens (including phenoxy) is 2. The molecule has 0 aromatic heterocycles. The van der Waals surface area contributed by atoms with Crippen LogP contribution in [-0.4, -0.2) is 12.4 Å². The number of hydrogen-bond donors (Lipinski definition) is 0. The summed E-state index contributed by atoms with van der Waals surface area (Å²) in [6.45, 7) is 1.00. The van der Waals surface area contributed by atoms with E-state index in [1.165, 1.54) is 0 Å². The van der Waals surface area contributed by atoms with E-state index in [4.69, 9.17) is 9.47 Å². The van der Waals surface area contributed by atoms with E-state index in [-0.39, 0.29) is 0 Å². The van der Waals surface area contributed by atoms with E-state index in [2.05, 4.69) is 10.2 Å². The summed E-state index contributed by atoms with van der Waals surface area (Å²) in [7, 11) is 0. The summed E-state index contributed by atoms with van der Waals surface area (Å²) in [4.78, 5) is 0. The van der Waals surface area contributed by atoms with Gasteiger partial charge in [0.05, 0.1) is 12.4 Å². The lowest BCUT2D eigenvalue weighted by atomic mass is 10.2. The van der Waals surface area contributed by atoms with Gasteiger partial charge in [0.15, 0.2) is 0 Å². The van der Waals surface area contributed by atoms with Crippen molar-refractivity contribution in [2.75, 3.05) is 0 Å². The largest absolute Gasteiger partial charge is 0.488 e. The molecule has 0 atom stereocenters. The normalized spacial score (nSPS) is 11.1. The highest BCUT2D eigenvalue weighted by atomic mass is 16.5. The average molecular weight is 421 g/mol. The maximum absolute atomic E-state index is 5.97. The average Bonchev–Trinajstić information content (AvgIpc) is 2.86. The molecule has 0 N–H and O–H groups in total. The van der Waals surface area contributed by atoms with Gasteiger partial charge in [-0.05, 0) is 35.4 Å². The molecule has 4 aromatic carbocycles. The summed E-state index contributed by atoms with van der Waals surface area (Å²) in [5, 5.41) is 8.44. The minimum Gasteiger partial charge on any atom is -0.488 e. The van der Waals surface area contributed by atoms with Crippen LogP contribution in [0.4, 0.5) is 0 Å². The molecule has 0 saturated carbocycles. The zero-order valence-corrected chi connectivity index (χ0v) is 17.7. The Morgan fingerprint density at radius 3 is 1.28 bits per heavy atom. The molecule has 0 saturated heterocycles. The Morgan fingerprint density at radius 1 is 0.469 bits per heavy atom. The molecule has 0 fully saturated rings. The van der Waals surface area contributed by atoms with E-state index in [9.17, 15) is 0 Å². The molecule has 4 nitrogen and oxygen atoms in total. The Labute approximate surface area is 188 Å². The molecule has 0 unspecified atom stereocenters. The van der Waals surface area contributed by atoms with Crippen molar-refractivity contribution in [3.63, 3.8) is 0 Å². The van der Waals surface area contributed by atoms with Crippen LogP contribution in [0.25, 0.3) is 0 Å². The second kappa shape index (κ2) is 11.3. The predicted molar refractivity (Wildman–Crippen MR) is 130 cm³/mol. The van der Waals surface area contributed by atoms with Gasteiger partial charge in [-0.15, -0.1) is 0 Å². The van der Waals surface area contributed by atoms with Gasteiger partial charge >= 0.3 is 0 Å². The van der Waals surface area contributed by atoms with E-state index < -0.39 is 0 Å². The molecular formula is C28H24N2O2. The van der Waals surface area contributed by atoms with E-state index in [1.54, 1.807) is 12.4 Å². The minimum absolute atomic E-state index is 0.501. The standard InChI is InChI=1S/C28H24N2O2/c1-3-11-23(12-4-1)21-31-27-17-9-7-15-25(27)19-29-30-20-26-16-8-10-18-28(26)32-22-24-13-5-2-6-14-24/h1-20H,21-22H2/b29-19+,30-20+. The van der Waals surface area contributed by atoms with Gasteiger partial charge in [0.2, 0.25) is 0 Å². The maximum atomic E-state index is 5.97. The molecule has 4 aromatic rings. The van der Waals surface area contributed by atoms with E-state index in [0.29, 0.717) is 13.2 Å². The fourth-order valence-electron chi connectivity index (χ4n) is 3.10. The zero-order chi connectivity index (χ0) is 21.8. The highest BCUT2D eigenvalue weighted by Gasteiger charge is 2.02. The third kappa shape index (κ3) is 6.16. The zero-order valence-electron chi connectivity index (χ0n) is 17.7. The molecule has 0 aliphatic rings. The smallest absolute Gasteiger partial charge is 0.128 e. The summed E-state index contributed by atoms with van der Waals surface area (Å²) in [6, 6.07) is 35.7. The molecule has 32 heavy (non-hydrogen) atoms. The van der Waals surface area contributed by atoms with Crippen LogP contribution in [0.15, 0.2) is 119 Å². The van der Waals surface area contributed by atoms with Gasteiger partial charge in [-0.25, -0.2) is 0 Å². The quantitative estimate of drug-likeness (QED) is 0.236. The number of benzene rings is 4. The second-order valence-corrected chi connectivity index (χ2v) is 7.11. The number of para-hydroxylation sites is 2. The van der Waals surface area contributed by atoms with Crippen molar-refractivity contribution in [1.82, 2.24) is 0 Å². The van der Waals surface area contributed by atoms with Crippen LogP contribution in [0, 0.1) is 0 Å². The molecule has 0 heterocycles. The van der Waals surface area contributed by atoms with Crippen LogP contribution in [0.2, 0.25) is 0 Å². The molecular weight excluding hydrogens is 396 g/mol.